The number of aryl methyl sites for hydroxylation is 1. The number of fused-ring (bicyclic) bond motifs is 1. The number of benzene rings is 2. The van der Waals surface area contributed by atoms with E-state index in [0.29, 0.717) is 0 Å². The third-order valence-corrected chi connectivity index (χ3v) is 4.13. The summed E-state index contributed by atoms with van der Waals surface area (Å²) in [7, 11) is 2.02. The van der Waals surface area contributed by atoms with E-state index in [9.17, 15) is 4.79 Å². The first-order valence-electron chi connectivity index (χ1n) is 7.24. The van der Waals surface area contributed by atoms with Crippen LogP contribution in [0.2, 0.25) is 0 Å². The van der Waals surface area contributed by atoms with Gasteiger partial charge in [0.1, 0.15) is 5.78 Å². The Hall–Kier alpha value is -2.35. The fourth-order valence-corrected chi connectivity index (χ4v) is 2.84. The third-order valence-electron chi connectivity index (χ3n) is 4.13. The maximum absolute atomic E-state index is 12.1. The molecule has 0 bridgehead atoms. The molecule has 0 radical (unpaired) electrons. The molecule has 2 heteroatoms. The van der Waals surface area contributed by atoms with Crippen LogP contribution in [-0.2, 0) is 18.3 Å². The molecule has 0 aliphatic carbocycles. The van der Waals surface area contributed by atoms with Crippen LogP contribution >= 0.6 is 0 Å². The average molecular weight is 277 g/mol. The number of hydrogen-bond donors (Lipinski definition) is 0. The van der Waals surface area contributed by atoms with Crippen LogP contribution in [0.25, 0.3) is 10.8 Å². The van der Waals surface area contributed by atoms with Gasteiger partial charge in [-0.15, -0.1) is 0 Å². The predicted octanol–water partition coefficient (Wildman–Crippen LogP) is 4.09. The molecular weight excluding hydrogens is 258 g/mol. The average Bonchev–Trinajstić information content (AvgIpc) is 2.89. The fraction of sp³-hybridized carbons (Fsp3) is 0.211. The summed E-state index contributed by atoms with van der Waals surface area (Å²) in [6.07, 6.45) is 2.77. The zero-order valence-corrected chi connectivity index (χ0v) is 12.4. The maximum atomic E-state index is 12.1. The van der Waals surface area contributed by atoms with Crippen LogP contribution in [0.4, 0.5) is 0 Å². The lowest BCUT2D eigenvalue weighted by molar-refractivity contribution is -0.118. The Labute approximate surface area is 125 Å². The van der Waals surface area contributed by atoms with E-state index in [-0.39, 0.29) is 11.7 Å². The van der Waals surface area contributed by atoms with Gasteiger partial charge in [-0.3, -0.25) is 4.79 Å². The summed E-state index contributed by atoms with van der Waals surface area (Å²) in [5, 5.41) is 2.40. The predicted molar refractivity (Wildman–Crippen MR) is 86.5 cm³/mol. The van der Waals surface area contributed by atoms with E-state index < -0.39 is 0 Å². The first-order valence-corrected chi connectivity index (χ1v) is 7.24. The molecule has 0 saturated carbocycles. The zero-order chi connectivity index (χ0) is 14.8. The quantitative estimate of drug-likeness (QED) is 0.704. The Morgan fingerprint density at radius 2 is 1.81 bits per heavy atom. The Morgan fingerprint density at radius 3 is 2.48 bits per heavy atom. The zero-order valence-electron chi connectivity index (χ0n) is 12.4. The van der Waals surface area contributed by atoms with Crippen LogP contribution in [-0.4, -0.2) is 10.4 Å². The highest BCUT2D eigenvalue weighted by Crippen LogP contribution is 2.25. The minimum atomic E-state index is -0.0804. The molecule has 1 heterocycles. The molecule has 0 aliphatic rings. The topological polar surface area (TPSA) is 22.0 Å². The van der Waals surface area contributed by atoms with Gasteiger partial charge in [0.15, 0.2) is 0 Å². The molecule has 0 aliphatic heterocycles. The first-order chi connectivity index (χ1) is 10.1. The Morgan fingerprint density at radius 1 is 1.05 bits per heavy atom. The minimum absolute atomic E-state index is 0.0804. The van der Waals surface area contributed by atoms with Crippen LogP contribution in [0.5, 0.6) is 0 Å². The summed E-state index contributed by atoms with van der Waals surface area (Å²) in [5.41, 5.74) is 2.28. The molecule has 0 saturated heterocycles. The Bertz CT molecular complexity index is 785. The van der Waals surface area contributed by atoms with Crippen LogP contribution in [0.15, 0.2) is 60.8 Å². The first kappa shape index (κ1) is 13.6. The van der Waals surface area contributed by atoms with Crippen molar-refractivity contribution in [2.24, 2.45) is 7.05 Å². The van der Waals surface area contributed by atoms with Crippen LogP contribution in [0, 0.1) is 0 Å². The monoisotopic (exact) mass is 277 g/mol. The summed E-state index contributed by atoms with van der Waals surface area (Å²) in [5.74, 6) is 0.134. The van der Waals surface area contributed by atoms with E-state index in [2.05, 4.69) is 41.0 Å². The number of hydrogen-bond acceptors (Lipinski definition) is 1. The molecule has 1 unspecified atom stereocenters. The summed E-state index contributed by atoms with van der Waals surface area (Å²) >= 11 is 0. The van der Waals surface area contributed by atoms with Gasteiger partial charge in [-0.05, 0) is 35.4 Å². The van der Waals surface area contributed by atoms with Gasteiger partial charge < -0.3 is 4.57 Å². The highest BCUT2D eigenvalue weighted by atomic mass is 16.1. The number of carbonyl (C=O) groups excluding carboxylic acids is 1. The fourth-order valence-electron chi connectivity index (χ4n) is 2.84. The van der Waals surface area contributed by atoms with Gasteiger partial charge in [-0.1, -0.05) is 42.5 Å². The lowest BCUT2D eigenvalue weighted by atomic mass is 9.89. The number of aromatic nitrogens is 1. The SMILES string of the molecule is CC(=O)C(Cc1cccn1C)c1ccc2ccccc2c1. The maximum Gasteiger partial charge on any atom is 0.137 e. The second kappa shape index (κ2) is 5.57. The molecule has 0 spiro atoms. The van der Waals surface area contributed by atoms with Crippen molar-refractivity contribution in [1.82, 2.24) is 4.57 Å². The molecule has 106 valence electrons. The minimum Gasteiger partial charge on any atom is -0.354 e. The normalized spacial score (nSPS) is 12.5. The molecular formula is C19H19NO. The summed E-state index contributed by atoms with van der Waals surface area (Å²) in [4.78, 5) is 12.1. The van der Waals surface area contributed by atoms with E-state index in [4.69, 9.17) is 0 Å². The lowest BCUT2D eigenvalue weighted by Gasteiger charge is -2.16. The Balaban J connectivity index is 1.99. The van der Waals surface area contributed by atoms with Crippen molar-refractivity contribution in [3.63, 3.8) is 0 Å². The van der Waals surface area contributed by atoms with E-state index in [1.807, 2.05) is 31.4 Å². The van der Waals surface area contributed by atoms with Crippen molar-refractivity contribution in [2.45, 2.75) is 19.3 Å². The van der Waals surface area contributed by atoms with Gasteiger partial charge in [0, 0.05) is 31.3 Å². The standard InChI is InChI=1S/C19H19NO/c1-14(21)19(13-18-8-5-11-20(18)2)17-10-9-15-6-3-4-7-16(15)12-17/h3-12,19H,13H2,1-2H3. The van der Waals surface area contributed by atoms with Crippen molar-refractivity contribution in [3.8, 4) is 0 Å². The van der Waals surface area contributed by atoms with E-state index in [1.165, 1.54) is 16.5 Å². The number of rotatable bonds is 4. The van der Waals surface area contributed by atoms with Gasteiger partial charge in [0.2, 0.25) is 0 Å². The third kappa shape index (κ3) is 2.75. The molecule has 0 N–H and O–H groups in total. The lowest BCUT2D eigenvalue weighted by Crippen LogP contribution is -2.13. The smallest absolute Gasteiger partial charge is 0.137 e. The Kier molecular flexibility index (Phi) is 3.61. The molecule has 1 atom stereocenters. The van der Waals surface area contributed by atoms with Crippen LogP contribution in [0.3, 0.4) is 0 Å². The van der Waals surface area contributed by atoms with Crippen LogP contribution in [0.1, 0.15) is 24.1 Å². The second-order valence-corrected chi connectivity index (χ2v) is 5.58. The second-order valence-electron chi connectivity index (χ2n) is 5.58. The summed E-state index contributed by atoms with van der Waals surface area (Å²) < 4.78 is 2.08. The molecule has 0 amide bonds. The van der Waals surface area contributed by atoms with Crippen molar-refractivity contribution >= 4 is 16.6 Å². The molecule has 21 heavy (non-hydrogen) atoms. The highest BCUT2D eigenvalue weighted by Gasteiger charge is 2.18. The number of ketones is 1. The van der Waals surface area contributed by atoms with E-state index >= 15 is 0 Å². The number of carbonyl (C=O) groups is 1. The summed E-state index contributed by atoms with van der Waals surface area (Å²) in [6, 6.07) is 18.7. The van der Waals surface area contributed by atoms with Gasteiger partial charge in [-0.2, -0.15) is 0 Å². The number of nitrogens with zero attached hydrogens (tertiary/aromatic N) is 1. The molecule has 2 aromatic carbocycles. The van der Waals surface area contributed by atoms with Gasteiger partial charge >= 0.3 is 0 Å². The number of Topliss-reactive ketones (excluding diaryl/α,β-unsaturated/α-hetero) is 1. The van der Waals surface area contributed by atoms with Crippen molar-refractivity contribution in [2.75, 3.05) is 0 Å². The van der Waals surface area contributed by atoms with Crippen molar-refractivity contribution in [1.29, 1.82) is 0 Å². The van der Waals surface area contributed by atoms with E-state index in [1.54, 1.807) is 6.92 Å². The molecule has 1 aromatic heterocycles. The van der Waals surface area contributed by atoms with Gasteiger partial charge in [0.25, 0.3) is 0 Å². The van der Waals surface area contributed by atoms with Crippen molar-refractivity contribution in [3.05, 3.63) is 72.1 Å². The molecule has 2 nitrogen and oxygen atoms in total. The summed E-state index contributed by atoms with van der Waals surface area (Å²) in [6.45, 7) is 1.68. The molecule has 0 fully saturated rings. The highest BCUT2D eigenvalue weighted by molar-refractivity contribution is 5.87. The van der Waals surface area contributed by atoms with Gasteiger partial charge in [0.05, 0.1) is 0 Å². The van der Waals surface area contributed by atoms with E-state index in [0.717, 1.165) is 12.0 Å². The van der Waals surface area contributed by atoms with Crippen molar-refractivity contribution < 1.29 is 4.79 Å². The van der Waals surface area contributed by atoms with Crippen LogP contribution < -0.4 is 0 Å². The van der Waals surface area contributed by atoms with Gasteiger partial charge in [-0.25, -0.2) is 0 Å². The molecule has 3 aromatic rings. The molecule has 3 rings (SSSR count). The largest absolute Gasteiger partial charge is 0.354 e.